The molecule has 1 heterocycles. The van der Waals surface area contributed by atoms with Gasteiger partial charge in [0.2, 0.25) is 0 Å². The van der Waals surface area contributed by atoms with Gasteiger partial charge in [-0.25, -0.2) is 0 Å². The molecule has 0 radical (unpaired) electrons. The van der Waals surface area contributed by atoms with Gasteiger partial charge >= 0.3 is 0 Å². The lowest BCUT2D eigenvalue weighted by Gasteiger charge is -2.26. The minimum absolute atomic E-state index is 0.880. The van der Waals surface area contributed by atoms with Crippen molar-refractivity contribution in [1.29, 1.82) is 0 Å². The first-order chi connectivity index (χ1) is 30.7. The Hall–Kier alpha value is -8.20. The molecule has 0 amide bonds. The molecule has 62 heavy (non-hydrogen) atoms. The van der Waals surface area contributed by atoms with Crippen molar-refractivity contribution >= 4 is 71.1 Å². The van der Waals surface area contributed by atoms with Crippen molar-refractivity contribution in [3.8, 4) is 44.7 Å². The third kappa shape index (κ3) is 6.29. The lowest BCUT2D eigenvalue weighted by molar-refractivity contribution is 0.631. The van der Waals surface area contributed by atoms with Gasteiger partial charge < -0.3 is 9.32 Å². The maximum atomic E-state index is 6.19. The van der Waals surface area contributed by atoms with E-state index in [-0.39, 0.29) is 0 Å². The summed E-state index contributed by atoms with van der Waals surface area (Å²) in [6, 6.07) is 85.5. The zero-order valence-electron chi connectivity index (χ0n) is 33.9. The number of benzene rings is 11. The third-order valence-electron chi connectivity index (χ3n) is 12.4. The van der Waals surface area contributed by atoms with Crippen LogP contribution in [0.4, 0.5) is 17.1 Å². The smallest absolute Gasteiger partial charge is 0.135 e. The van der Waals surface area contributed by atoms with Crippen LogP contribution in [0.2, 0.25) is 0 Å². The molecule has 0 bridgehead atoms. The Kier molecular flexibility index (Phi) is 8.53. The zero-order valence-corrected chi connectivity index (χ0v) is 33.9. The first kappa shape index (κ1) is 35.7. The summed E-state index contributed by atoms with van der Waals surface area (Å²) < 4.78 is 6.19. The minimum Gasteiger partial charge on any atom is -0.456 e. The molecule has 0 saturated heterocycles. The molecule has 0 spiro atoms. The molecule has 11 aromatic carbocycles. The minimum atomic E-state index is 0.880. The number of hydrogen-bond donors (Lipinski definition) is 0. The molecule has 0 N–H and O–H groups in total. The number of furan rings is 1. The second-order valence-corrected chi connectivity index (χ2v) is 16.1. The number of rotatable bonds is 7. The molecule has 0 atom stereocenters. The van der Waals surface area contributed by atoms with E-state index < -0.39 is 0 Å². The Morgan fingerprint density at radius 3 is 1.48 bits per heavy atom. The fraction of sp³-hybridized carbons (Fsp3) is 0. The molecule has 0 unspecified atom stereocenters. The number of anilines is 3. The van der Waals surface area contributed by atoms with E-state index in [0.717, 1.165) is 44.9 Å². The summed E-state index contributed by atoms with van der Waals surface area (Å²) in [4.78, 5) is 2.37. The average molecular weight is 790 g/mol. The maximum absolute atomic E-state index is 6.19. The monoisotopic (exact) mass is 789 g/mol. The lowest BCUT2D eigenvalue weighted by atomic mass is 9.93. The average Bonchev–Trinajstić information content (AvgIpc) is 3.79. The Morgan fingerprint density at radius 1 is 0.258 bits per heavy atom. The van der Waals surface area contributed by atoms with Crippen LogP contribution in [-0.2, 0) is 0 Å². The molecule has 1 aromatic heterocycles. The van der Waals surface area contributed by atoms with Crippen LogP contribution in [0.15, 0.2) is 241 Å². The lowest BCUT2D eigenvalue weighted by Crippen LogP contribution is -2.09. The van der Waals surface area contributed by atoms with E-state index in [1.54, 1.807) is 0 Å². The number of nitrogens with zero attached hydrogens (tertiary/aromatic N) is 1. The van der Waals surface area contributed by atoms with Gasteiger partial charge in [-0.1, -0.05) is 176 Å². The van der Waals surface area contributed by atoms with E-state index in [9.17, 15) is 0 Å². The number of hydrogen-bond acceptors (Lipinski definition) is 2. The van der Waals surface area contributed by atoms with E-state index in [1.807, 2.05) is 18.2 Å². The molecule has 12 aromatic rings. The predicted molar refractivity (Wildman–Crippen MR) is 263 cm³/mol. The maximum Gasteiger partial charge on any atom is 0.135 e. The van der Waals surface area contributed by atoms with Gasteiger partial charge in [-0.2, -0.15) is 0 Å². The highest BCUT2D eigenvalue weighted by molar-refractivity contribution is 6.14. The van der Waals surface area contributed by atoms with Gasteiger partial charge in [0.15, 0.2) is 0 Å². The van der Waals surface area contributed by atoms with Gasteiger partial charge in [0, 0.05) is 28.0 Å². The molecule has 2 nitrogen and oxygen atoms in total. The Bertz CT molecular complexity index is 3580. The summed E-state index contributed by atoms with van der Waals surface area (Å²) in [7, 11) is 0. The molecule has 0 saturated carbocycles. The highest BCUT2D eigenvalue weighted by Crippen LogP contribution is 2.41. The first-order valence-corrected chi connectivity index (χ1v) is 21.2. The molecule has 0 aliphatic carbocycles. The van der Waals surface area contributed by atoms with Crippen LogP contribution in [0, 0.1) is 0 Å². The first-order valence-electron chi connectivity index (χ1n) is 21.2. The Morgan fingerprint density at radius 2 is 0.758 bits per heavy atom. The number of para-hydroxylation sites is 1. The summed E-state index contributed by atoms with van der Waals surface area (Å²) >= 11 is 0. The molecule has 0 fully saturated rings. The fourth-order valence-corrected chi connectivity index (χ4v) is 9.30. The van der Waals surface area contributed by atoms with E-state index in [4.69, 9.17) is 4.42 Å². The van der Waals surface area contributed by atoms with Crippen molar-refractivity contribution in [3.05, 3.63) is 237 Å². The largest absolute Gasteiger partial charge is 0.456 e. The van der Waals surface area contributed by atoms with E-state index in [1.165, 1.54) is 70.9 Å². The van der Waals surface area contributed by atoms with Gasteiger partial charge in [-0.3, -0.25) is 0 Å². The van der Waals surface area contributed by atoms with Gasteiger partial charge in [0.1, 0.15) is 11.3 Å². The Labute approximate surface area is 360 Å². The van der Waals surface area contributed by atoms with Crippen LogP contribution in [-0.4, -0.2) is 0 Å². The van der Waals surface area contributed by atoms with Gasteiger partial charge in [0.05, 0.1) is 0 Å². The van der Waals surface area contributed by atoms with Gasteiger partial charge in [-0.05, 0) is 137 Å². The predicted octanol–water partition coefficient (Wildman–Crippen LogP) is 17.2. The van der Waals surface area contributed by atoms with Crippen molar-refractivity contribution in [2.75, 3.05) is 4.90 Å². The van der Waals surface area contributed by atoms with Crippen LogP contribution in [0.3, 0.4) is 0 Å². The molecular formula is C60H39NO. The topological polar surface area (TPSA) is 16.4 Å². The standard InChI is InChI=1S/C60H39NO/c1-4-15-53-43(10-1)24-25-47-37-52(34-35-55(47)53)61(51-32-28-44(29-33-51)58-38-46-11-2-5-16-54(46)56-17-6-7-18-57(56)58)50-30-26-41(27-31-50)40-20-22-42(23-21-40)45-13-9-14-48(36-45)60-39-49-12-3-8-19-59(49)62-60/h1-39H. The zero-order chi connectivity index (χ0) is 41.0. The number of fused-ring (bicyclic) bond motifs is 7. The van der Waals surface area contributed by atoms with E-state index in [0.29, 0.717) is 0 Å². The van der Waals surface area contributed by atoms with E-state index in [2.05, 4.69) is 223 Å². The molecule has 2 heteroatoms. The third-order valence-corrected chi connectivity index (χ3v) is 12.4. The second-order valence-electron chi connectivity index (χ2n) is 16.1. The SMILES string of the molecule is c1cc(-c2ccc(-c3ccc(N(c4ccc(-c5cc6ccccc6c6ccccc56)cc4)c4ccc5c(ccc6ccccc65)c4)cc3)cc2)cc(-c2cc3ccccc3o2)c1. The van der Waals surface area contributed by atoms with Gasteiger partial charge in [-0.15, -0.1) is 0 Å². The van der Waals surface area contributed by atoms with Crippen LogP contribution in [0.25, 0.3) is 98.8 Å². The molecular weight excluding hydrogens is 751 g/mol. The molecule has 0 aliphatic heterocycles. The van der Waals surface area contributed by atoms with Crippen molar-refractivity contribution in [3.63, 3.8) is 0 Å². The normalized spacial score (nSPS) is 11.5. The summed E-state index contributed by atoms with van der Waals surface area (Å²) in [5.74, 6) is 0.880. The van der Waals surface area contributed by atoms with Crippen molar-refractivity contribution in [2.24, 2.45) is 0 Å². The van der Waals surface area contributed by atoms with Crippen molar-refractivity contribution in [2.45, 2.75) is 0 Å². The highest BCUT2D eigenvalue weighted by atomic mass is 16.3. The van der Waals surface area contributed by atoms with Crippen molar-refractivity contribution < 1.29 is 4.42 Å². The van der Waals surface area contributed by atoms with Crippen LogP contribution >= 0.6 is 0 Å². The second kappa shape index (κ2) is 14.8. The quantitative estimate of drug-likeness (QED) is 0.150. The summed E-state index contributed by atoms with van der Waals surface area (Å²) in [6.07, 6.45) is 0. The van der Waals surface area contributed by atoms with Crippen molar-refractivity contribution in [1.82, 2.24) is 0 Å². The Balaban J connectivity index is 0.895. The van der Waals surface area contributed by atoms with Gasteiger partial charge in [0.25, 0.3) is 0 Å². The van der Waals surface area contributed by atoms with Crippen LogP contribution in [0.5, 0.6) is 0 Å². The molecule has 0 aliphatic rings. The molecule has 12 rings (SSSR count). The fourth-order valence-electron chi connectivity index (χ4n) is 9.30. The summed E-state index contributed by atoms with van der Waals surface area (Å²) in [5, 5.41) is 11.2. The van der Waals surface area contributed by atoms with E-state index >= 15 is 0 Å². The highest BCUT2D eigenvalue weighted by Gasteiger charge is 2.16. The summed E-state index contributed by atoms with van der Waals surface area (Å²) in [5.41, 5.74) is 12.4. The van der Waals surface area contributed by atoms with Crippen LogP contribution < -0.4 is 4.90 Å². The summed E-state index contributed by atoms with van der Waals surface area (Å²) in [6.45, 7) is 0. The van der Waals surface area contributed by atoms with Crippen LogP contribution in [0.1, 0.15) is 0 Å². The molecule has 290 valence electrons.